The first-order valence-corrected chi connectivity index (χ1v) is 10.5. The first-order chi connectivity index (χ1) is 14.2. The molecular formula is C21H22N4O3S. The summed E-state index contributed by atoms with van der Waals surface area (Å²) >= 11 is 1.36. The van der Waals surface area contributed by atoms with Crippen LogP contribution in [0.2, 0.25) is 0 Å². The van der Waals surface area contributed by atoms with Gasteiger partial charge in [0.15, 0.2) is 10.9 Å². The second-order valence-corrected chi connectivity index (χ2v) is 7.74. The molecular weight excluding hydrogens is 388 g/mol. The van der Waals surface area contributed by atoms with E-state index in [0.717, 1.165) is 42.5 Å². The maximum atomic E-state index is 12.6. The second-order valence-electron chi connectivity index (χ2n) is 6.79. The van der Waals surface area contributed by atoms with Crippen molar-refractivity contribution >= 4 is 23.5 Å². The monoisotopic (exact) mass is 410 g/mol. The Morgan fingerprint density at radius 2 is 2.07 bits per heavy atom. The van der Waals surface area contributed by atoms with Gasteiger partial charge in [-0.1, -0.05) is 17.8 Å². The van der Waals surface area contributed by atoms with Crippen molar-refractivity contribution in [1.82, 2.24) is 19.4 Å². The van der Waals surface area contributed by atoms with E-state index in [-0.39, 0.29) is 17.4 Å². The minimum Gasteiger partial charge on any atom is -0.497 e. The van der Waals surface area contributed by atoms with Crippen LogP contribution in [0.3, 0.4) is 0 Å². The summed E-state index contributed by atoms with van der Waals surface area (Å²) in [5.74, 6) is 0.899. The third-order valence-electron chi connectivity index (χ3n) is 4.90. The lowest BCUT2D eigenvalue weighted by Gasteiger charge is -2.13. The van der Waals surface area contributed by atoms with Gasteiger partial charge in [0.2, 0.25) is 0 Å². The van der Waals surface area contributed by atoms with Gasteiger partial charge in [-0.05, 0) is 31.0 Å². The maximum absolute atomic E-state index is 12.6. The summed E-state index contributed by atoms with van der Waals surface area (Å²) < 4.78 is 7.19. The standard InChI is InChI=1S/C21H22N4O3S/c1-28-17-6-4-5-16(12-17)25-10-7-22-21(25)29-14-19(26)15-11-18(23-13-15)20(27)24-8-2-3-9-24/h4-7,10-13,23H,2-3,8-9,14H2,1H3. The molecule has 29 heavy (non-hydrogen) atoms. The van der Waals surface area contributed by atoms with Gasteiger partial charge in [0.25, 0.3) is 5.91 Å². The normalized spacial score (nSPS) is 13.6. The zero-order chi connectivity index (χ0) is 20.2. The molecule has 0 saturated carbocycles. The highest BCUT2D eigenvalue weighted by Gasteiger charge is 2.22. The molecule has 1 saturated heterocycles. The third-order valence-corrected chi connectivity index (χ3v) is 5.87. The number of aromatic amines is 1. The molecule has 0 radical (unpaired) electrons. The number of likely N-dealkylation sites (tertiary alicyclic amines) is 1. The molecule has 1 aliphatic rings. The van der Waals surface area contributed by atoms with Gasteiger partial charge in [-0.3, -0.25) is 14.2 Å². The maximum Gasteiger partial charge on any atom is 0.270 e. The van der Waals surface area contributed by atoms with E-state index in [1.54, 1.807) is 25.6 Å². The molecule has 2 aromatic heterocycles. The number of hydrogen-bond donors (Lipinski definition) is 1. The molecule has 0 atom stereocenters. The Hall–Kier alpha value is -3.00. The minimum atomic E-state index is -0.0492. The van der Waals surface area contributed by atoms with Gasteiger partial charge in [0.1, 0.15) is 11.4 Å². The zero-order valence-corrected chi connectivity index (χ0v) is 16.9. The van der Waals surface area contributed by atoms with Gasteiger partial charge < -0.3 is 14.6 Å². The number of rotatable bonds is 7. The first-order valence-electron chi connectivity index (χ1n) is 9.47. The summed E-state index contributed by atoms with van der Waals surface area (Å²) in [6.45, 7) is 1.56. The molecule has 3 heterocycles. The number of nitrogens with zero attached hydrogens (tertiary/aromatic N) is 3. The largest absolute Gasteiger partial charge is 0.497 e. The molecule has 0 spiro atoms. The van der Waals surface area contributed by atoms with Crippen molar-refractivity contribution in [3.63, 3.8) is 0 Å². The van der Waals surface area contributed by atoms with Crippen molar-refractivity contribution in [3.8, 4) is 11.4 Å². The van der Waals surface area contributed by atoms with Crippen molar-refractivity contribution in [2.24, 2.45) is 0 Å². The summed E-state index contributed by atoms with van der Waals surface area (Å²) in [6, 6.07) is 9.31. The number of carbonyl (C=O) groups is 2. The van der Waals surface area contributed by atoms with Crippen molar-refractivity contribution in [1.29, 1.82) is 0 Å². The lowest BCUT2D eigenvalue weighted by atomic mass is 10.2. The van der Waals surface area contributed by atoms with Crippen LogP contribution in [0, 0.1) is 0 Å². The Morgan fingerprint density at radius 1 is 1.24 bits per heavy atom. The lowest BCUT2D eigenvalue weighted by molar-refractivity contribution is 0.0787. The van der Waals surface area contributed by atoms with E-state index in [2.05, 4.69) is 9.97 Å². The molecule has 0 aliphatic carbocycles. The van der Waals surface area contributed by atoms with Gasteiger partial charge in [0.05, 0.1) is 18.6 Å². The summed E-state index contributed by atoms with van der Waals surface area (Å²) in [5, 5.41) is 0.718. The lowest BCUT2D eigenvalue weighted by Crippen LogP contribution is -2.27. The quantitative estimate of drug-likeness (QED) is 0.477. The highest BCUT2D eigenvalue weighted by atomic mass is 32.2. The number of H-pyrrole nitrogens is 1. The number of benzene rings is 1. The van der Waals surface area contributed by atoms with E-state index < -0.39 is 0 Å². The average Bonchev–Trinajstić information content (AvgIpc) is 3.52. The molecule has 1 amide bonds. The average molecular weight is 410 g/mol. The Morgan fingerprint density at radius 3 is 2.86 bits per heavy atom. The number of nitrogens with one attached hydrogen (secondary N) is 1. The van der Waals surface area contributed by atoms with E-state index in [0.29, 0.717) is 11.3 Å². The highest BCUT2D eigenvalue weighted by molar-refractivity contribution is 7.99. The number of Topliss-reactive ketones (excluding diaryl/α,β-unsaturated/α-hetero) is 1. The molecule has 8 heteroatoms. The van der Waals surface area contributed by atoms with Crippen LogP contribution in [0.25, 0.3) is 5.69 Å². The smallest absolute Gasteiger partial charge is 0.270 e. The van der Waals surface area contributed by atoms with Crippen LogP contribution in [-0.4, -0.2) is 57.1 Å². The van der Waals surface area contributed by atoms with Crippen LogP contribution in [0.1, 0.15) is 33.7 Å². The van der Waals surface area contributed by atoms with Crippen LogP contribution < -0.4 is 4.74 Å². The fourth-order valence-corrected chi connectivity index (χ4v) is 4.20. The van der Waals surface area contributed by atoms with Crippen LogP contribution in [-0.2, 0) is 0 Å². The number of ether oxygens (including phenoxy) is 1. The van der Waals surface area contributed by atoms with Gasteiger partial charge >= 0.3 is 0 Å². The number of thioether (sulfide) groups is 1. The molecule has 4 rings (SSSR count). The van der Waals surface area contributed by atoms with Crippen LogP contribution >= 0.6 is 11.8 Å². The van der Waals surface area contributed by atoms with Gasteiger partial charge in [-0.2, -0.15) is 0 Å². The summed E-state index contributed by atoms with van der Waals surface area (Å²) in [5.41, 5.74) is 1.90. The third kappa shape index (κ3) is 4.22. The summed E-state index contributed by atoms with van der Waals surface area (Å²) in [6.07, 6.45) is 7.24. The second kappa shape index (κ2) is 8.57. The molecule has 0 unspecified atom stereocenters. The molecule has 1 aromatic carbocycles. The van der Waals surface area contributed by atoms with Crippen molar-refractivity contribution < 1.29 is 14.3 Å². The first kappa shape index (κ1) is 19.3. The molecule has 0 bridgehead atoms. The Kier molecular flexibility index (Phi) is 5.71. The summed E-state index contributed by atoms with van der Waals surface area (Å²) in [4.78, 5) is 34.2. The Labute approximate surface area is 173 Å². The Balaban J connectivity index is 1.42. The van der Waals surface area contributed by atoms with E-state index in [1.165, 1.54) is 11.8 Å². The number of ketones is 1. The van der Waals surface area contributed by atoms with E-state index in [4.69, 9.17) is 4.74 Å². The number of methoxy groups -OCH3 is 1. The van der Waals surface area contributed by atoms with Crippen molar-refractivity contribution in [2.75, 3.05) is 26.0 Å². The van der Waals surface area contributed by atoms with Gasteiger partial charge in [-0.15, -0.1) is 0 Å². The van der Waals surface area contributed by atoms with Crippen molar-refractivity contribution in [3.05, 3.63) is 60.2 Å². The number of aromatic nitrogens is 3. The molecule has 3 aromatic rings. The Bertz CT molecular complexity index is 1020. The van der Waals surface area contributed by atoms with Gasteiger partial charge in [0, 0.05) is 43.3 Å². The predicted octanol–water partition coefficient (Wildman–Crippen LogP) is 3.42. The van der Waals surface area contributed by atoms with Gasteiger partial charge in [-0.25, -0.2) is 4.98 Å². The molecule has 150 valence electrons. The number of amides is 1. The topological polar surface area (TPSA) is 80.2 Å². The van der Waals surface area contributed by atoms with E-state index in [9.17, 15) is 9.59 Å². The van der Waals surface area contributed by atoms with E-state index >= 15 is 0 Å². The van der Waals surface area contributed by atoms with Crippen LogP contribution in [0.4, 0.5) is 0 Å². The van der Waals surface area contributed by atoms with Crippen molar-refractivity contribution in [2.45, 2.75) is 18.0 Å². The molecule has 7 nitrogen and oxygen atoms in total. The molecule has 1 fully saturated rings. The minimum absolute atomic E-state index is 0.0391. The fourth-order valence-electron chi connectivity index (χ4n) is 3.34. The SMILES string of the molecule is COc1cccc(-n2ccnc2SCC(=O)c2c[nH]c(C(=O)N3CCCC3)c2)c1. The van der Waals surface area contributed by atoms with E-state index in [1.807, 2.05) is 39.9 Å². The number of imidazole rings is 1. The number of hydrogen-bond acceptors (Lipinski definition) is 5. The zero-order valence-electron chi connectivity index (χ0n) is 16.1. The molecule has 1 N–H and O–H groups in total. The molecule has 1 aliphatic heterocycles. The fraction of sp³-hybridized carbons (Fsp3) is 0.286. The predicted molar refractivity (Wildman–Crippen MR) is 111 cm³/mol. The van der Waals surface area contributed by atoms with Crippen LogP contribution in [0.15, 0.2) is 54.1 Å². The highest BCUT2D eigenvalue weighted by Crippen LogP contribution is 2.24. The summed E-state index contributed by atoms with van der Waals surface area (Å²) in [7, 11) is 1.63. The number of carbonyl (C=O) groups excluding carboxylic acids is 2. The van der Waals surface area contributed by atoms with Crippen LogP contribution in [0.5, 0.6) is 5.75 Å².